The molecule has 14 heavy (non-hydrogen) atoms. The number of nitrogens with two attached hydrogens (primary N) is 1. The molecule has 0 spiro atoms. The maximum atomic E-state index is 6.23. The van der Waals surface area contributed by atoms with Crippen molar-refractivity contribution in [2.75, 3.05) is 0 Å². The zero-order valence-corrected chi connectivity index (χ0v) is 10.4. The van der Waals surface area contributed by atoms with Gasteiger partial charge in [-0.1, -0.05) is 31.9 Å². The van der Waals surface area contributed by atoms with Crippen LogP contribution in [0.25, 0.3) is 0 Å². The van der Waals surface area contributed by atoms with Gasteiger partial charge in [0.2, 0.25) is 0 Å². The first-order valence-electron chi connectivity index (χ1n) is 5.83. The van der Waals surface area contributed by atoms with E-state index in [1.807, 2.05) is 0 Å². The summed E-state index contributed by atoms with van der Waals surface area (Å²) in [6, 6.07) is 0. The quantitative estimate of drug-likeness (QED) is 0.671. The molecule has 0 heterocycles. The van der Waals surface area contributed by atoms with Crippen LogP contribution in [0.4, 0.5) is 0 Å². The molecule has 0 aromatic rings. The van der Waals surface area contributed by atoms with Gasteiger partial charge in [-0.25, -0.2) is 0 Å². The first kappa shape index (κ1) is 11.8. The van der Waals surface area contributed by atoms with Crippen molar-refractivity contribution in [3.8, 4) is 0 Å². The molecule has 0 fully saturated rings. The molecule has 1 unspecified atom stereocenters. The van der Waals surface area contributed by atoms with E-state index in [0.29, 0.717) is 5.92 Å². The highest BCUT2D eigenvalue weighted by molar-refractivity contribution is 5.27. The standard InChI is InChI=1S/C13H25N/c1-9(2)11-8-10(3)6-7-12(11)13(4,5)14/h9-10H,6-8,14H2,1-5H3. The van der Waals surface area contributed by atoms with E-state index >= 15 is 0 Å². The smallest absolute Gasteiger partial charge is 0.0314 e. The van der Waals surface area contributed by atoms with Crippen molar-refractivity contribution in [2.24, 2.45) is 17.6 Å². The molecule has 0 aromatic carbocycles. The summed E-state index contributed by atoms with van der Waals surface area (Å²) >= 11 is 0. The van der Waals surface area contributed by atoms with E-state index in [4.69, 9.17) is 5.73 Å². The molecule has 1 aliphatic carbocycles. The van der Waals surface area contributed by atoms with Crippen LogP contribution in [0.3, 0.4) is 0 Å². The van der Waals surface area contributed by atoms with Crippen LogP contribution in [0.1, 0.15) is 53.9 Å². The Kier molecular flexibility index (Phi) is 3.41. The Bertz CT molecular complexity index is 230. The van der Waals surface area contributed by atoms with E-state index in [1.165, 1.54) is 24.8 Å². The molecule has 1 atom stereocenters. The minimum absolute atomic E-state index is 0.111. The zero-order chi connectivity index (χ0) is 10.9. The molecule has 0 saturated carbocycles. The van der Waals surface area contributed by atoms with Crippen LogP contribution < -0.4 is 5.73 Å². The highest BCUT2D eigenvalue weighted by Crippen LogP contribution is 2.37. The molecule has 1 nitrogen and oxygen atoms in total. The molecule has 1 aliphatic rings. The third-order valence-electron chi connectivity index (χ3n) is 3.32. The van der Waals surface area contributed by atoms with Gasteiger partial charge in [-0.15, -0.1) is 0 Å². The fraction of sp³-hybridized carbons (Fsp3) is 0.846. The molecule has 0 radical (unpaired) electrons. The van der Waals surface area contributed by atoms with Crippen molar-refractivity contribution in [1.82, 2.24) is 0 Å². The summed E-state index contributed by atoms with van der Waals surface area (Å²) in [7, 11) is 0. The molecule has 0 amide bonds. The summed E-state index contributed by atoms with van der Waals surface area (Å²) in [5.74, 6) is 1.51. The van der Waals surface area contributed by atoms with Gasteiger partial charge >= 0.3 is 0 Å². The number of allylic oxidation sites excluding steroid dienone is 1. The van der Waals surface area contributed by atoms with E-state index in [0.717, 1.165) is 5.92 Å². The van der Waals surface area contributed by atoms with Crippen LogP contribution in [-0.2, 0) is 0 Å². The molecule has 0 bridgehead atoms. The van der Waals surface area contributed by atoms with Gasteiger partial charge in [0.25, 0.3) is 0 Å². The average molecular weight is 195 g/mol. The Morgan fingerprint density at radius 2 is 1.93 bits per heavy atom. The van der Waals surface area contributed by atoms with Crippen molar-refractivity contribution in [1.29, 1.82) is 0 Å². The van der Waals surface area contributed by atoms with Gasteiger partial charge in [-0.3, -0.25) is 0 Å². The summed E-state index contributed by atoms with van der Waals surface area (Å²) in [5, 5.41) is 0. The topological polar surface area (TPSA) is 26.0 Å². The SMILES string of the molecule is CC1CCC(C(C)(C)N)=C(C(C)C)C1. The van der Waals surface area contributed by atoms with Crippen molar-refractivity contribution in [3.05, 3.63) is 11.1 Å². The molecule has 2 N–H and O–H groups in total. The lowest BCUT2D eigenvalue weighted by Gasteiger charge is -2.34. The maximum absolute atomic E-state index is 6.23. The van der Waals surface area contributed by atoms with Crippen LogP contribution in [0, 0.1) is 11.8 Å². The third-order valence-corrected chi connectivity index (χ3v) is 3.32. The van der Waals surface area contributed by atoms with Crippen LogP contribution in [0.2, 0.25) is 0 Å². The van der Waals surface area contributed by atoms with E-state index in [2.05, 4.69) is 34.6 Å². The first-order valence-corrected chi connectivity index (χ1v) is 5.83. The Hall–Kier alpha value is -0.300. The van der Waals surface area contributed by atoms with Crippen LogP contribution in [0.15, 0.2) is 11.1 Å². The van der Waals surface area contributed by atoms with Crippen LogP contribution >= 0.6 is 0 Å². The summed E-state index contributed by atoms with van der Waals surface area (Å²) in [4.78, 5) is 0. The average Bonchev–Trinajstić information content (AvgIpc) is 2.01. The maximum Gasteiger partial charge on any atom is 0.0314 e. The fourth-order valence-electron chi connectivity index (χ4n) is 2.47. The highest BCUT2D eigenvalue weighted by atomic mass is 14.7. The van der Waals surface area contributed by atoms with Gasteiger partial charge < -0.3 is 5.73 Å². The molecular formula is C13H25N. The Labute approximate surface area is 88.8 Å². The molecule has 0 aromatic heterocycles. The van der Waals surface area contributed by atoms with E-state index in [-0.39, 0.29) is 5.54 Å². The van der Waals surface area contributed by atoms with Crippen LogP contribution in [-0.4, -0.2) is 5.54 Å². The van der Waals surface area contributed by atoms with Crippen molar-refractivity contribution in [2.45, 2.75) is 59.4 Å². The van der Waals surface area contributed by atoms with Crippen LogP contribution in [0.5, 0.6) is 0 Å². The normalized spacial score (nSPS) is 24.6. The monoisotopic (exact) mass is 195 g/mol. The Balaban J connectivity index is 3.00. The minimum Gasteiger partial charge on any atom is -0.322 e. The Morgan fingerprint density at radius 1 is 1.36 bits per heavy atom. The van der Waals surface area contributed by atoms with Gasteiger partial charge in [0.05, 0.1) is 0 Å². The van der Waals surface area contributed by atoms with Crippen molar-refractivity contribution in [3.63, 3.8) is 0 Å². The summed E-state index contributed by atoms with van der Waals surface area (Å²) < 4.78 is 0. The summed E-state index contributed by atoms with van der Waals surface area (Å²) in [6.45, 7) is 11.2. The van der Waals surface area contributed by atoms with Gasteiger partial charge in [0, 0.05) is 5.54 Å². The lowest BCUT2D eigenvalue weighted by Crippen LogP contribution is -2.37. The summed E-state index contributed by atoms with van der Waals surface area (Å²) in [6.07, 6.45) is 3.78. The lowest BCUT2D eigenvalue weighted by atomic mass is 9.74. The van der Waals surface area contributed by atoms with Crippen molar-refractivity contribution >= 4 is 0 Å². The second kappa shape index (κ2) is 4.06. The number of rotatable bonds is 2. The number of hydrogen-bond acceptors (Lipinski definition) is 1. The number of hydrogen-bond donors (Lipinski definition) is 1. The third kappa shape index (κ3) is 2.60. The second-order valence-electron chi connectivity index (χ2n) is 5.73. The second-order valence-corrected chi connectivity index (χ2v) is 5.73. The van der Waals surface area contributed by atoms with E-state index in [9.17, 15) is 0 Å². The van der Waals surface area contributed by atoms with Crippen molar-refractivity contribution < 1.29 is 0 Å². The van der Waals surface area contributed by atoms with E-state index < -0.39 is 0 Å². The minimum atomic E-state index is -0.111. The molecule has 1 rings (SSSR count). The lowest BCUT2D eigenvalue weighted by molar-refractivity contribution is 0.425. The fourth-order valence-corrected chi connectivity index (χ4v) is 2.47. The van der Waals surface area contributed by atoms with Gasteiger partial charge in [-0.2, -0.15) is 0 Å². The van der Waals surface area contributed by atoms with Gasteiger partial charge in [0.1, 0.15) is 0 Å². The largest absolute Gasteiger partial charge is 0.322 e. The molecule has 0 saturated heterocycles. The van der Waals surface area contributed by atoms with Gasteiger partial charge in [-0.05, 0) is 44.9 Å². The predicted molar refractivity (Wildman–Crippen MR) is 63.1 cm³/mol. The molecule has 1 heteroatoms. The predicted octanol–water partition coefficient (Wildman–Crippen LogP) is 3.50. The van der Waals surface area contributed by atoms with E-state index in [1.54, 1.807) is 5.57 Å². The zero-order valence-electron chi connectivity index (χ0n) is 10.4. The molecular weight excluding hydrogens is 170 g/mol. The summed E-state index contributed by atoms with van der Waals surface area (Å²) in [5.41, 5.74) is 9.26. The first-order chi connectivity index (χ1) is 6.32. The molecule has 0 aliphatic heterocycles. The highest BCUT2D eigenvalue weighted by Gasteiger charge is 2.27. The Morgan fingerprint density at radius 3 is 2.36 bits per heavy atom. The molecule has 82 valence electrons. The van der Waals surface area contributed by atoms with Gasteiger partial charge in [0.15, 0.2) is 0 Å².